The Kier molecular flexibility index (Phi) is 5.62. The van der Waals surface area contributed by atoms with Crippen molar-refractivity contribution in [3.8, 4) is 11.5 Å². The van der Waals surface area contributed by atoms with Crippen molar-refractivity contribution in [3.05, 3.63) is 29.8 Å². The van der Waals surface area contributed by atoms with Crippen LogP contribution in [0.15, 0.2) is 24.3 Å². The molecule has 0 bridgehead atoms. The smallest absolute Gasteiger partial charge is 0.308 e. The van der Waals surface area contributed by atoms with Gasteiger partial charge in [0, 0.05) is 24.7 Å². The molecule has 1 saturated heterocycles. The van der Waals surface area contributed by atoms with E-state index < -0.39 is 11.9 Å². The number of carbonyl (C=O) groups excluding carboxylic acids is 1. The van der Waals surface area contributed by atoms with E-state index in [9.17, 15) is 9.59 Å². The first kappa shape index (κ1) is 16.9. The molecule has 0 aliphatic carbocycles. The highest BCUT2D eigenvalue weighted by molar-refractivity contribution is 5.92. The zero-order valence-corrected chi connectivity index (χ0v) is 13.3. The molecule has 1 aromatic carbocycles. The van der Waals surface area contributed by atoms with Gasteiger partial charge in [-0.3, -0.25) is 9.59 Å². The maximum absolute atomic E-state index is 12.3. The van der Waals surface area contributed by atoms with E-state index in [0.717, 1.165) is 5.56 Å². The fourth-order valence-electron chi connectivity index (χ4n) is 2.62. The zero-order chi connectivity index (χ0) is 16.8. The minimum absolute atomic E-state index is 0.194. The Morgan fingerprint density at radius 2 is 2.09 bits per heavy atom. The van der Waals surface area contributed by atoms with Crippen molar-refractivity contribution in [2.24, 2.45) is 5.92 Å². The molecule has 1 atom stereocenters. The number of piperidine rings is 1. The van der Waals surface area contributed by atoms with Crippen molar-refractivity contribution in [1.29, 1.82) is 0 Å². The first-order valence-corrected chi connectivity index (χ1v) is 7.47. The van der Waals surface area contributed by atoms with Gasteiger partial charge in [-0.2, -0.15) is 0 Å². The number of carboxylic acid groups (broad SMARTS) is 1. The summed E-state index contributed by atoms with van der Waals surface area (Å²) in [7, 11) is 3.13. The van der Waals surface area contributed by atoms with E-state index >= 15 is 0 Å². The SMILES string of the molecule is COc1ccc(OC)c(/C=C/C(=O)N2CCCC(C(=O)O)C2)c1. The molecule has 1 fully saturated rings. The lowest BCUT2D eigenvalue weighted by Gasteiger charge is -2.29. The van der Waals surface area contributed by atoms with Gasteiger partial charge in [-0.1, -0.05) is 0 Å². The molecule has 0 spiro atoms. The summed E-state index contributed by atoms with van der Waals surface area (Å²) in [5, 5.41) is 9.09. The minimum atomic E-state index is -0.846. The van der Waals surface area contributed by atoms with Crippen LogP contribution in [-0.4, -0.2) is 49.2 Å². The number of carboxylic acids is 1. The van der Waals surface area contributed by atoms with Crippen LogP contribution in [0.1, 0.15) is 18.4 Å². The number of rotatable bonds is 5. The van der Waals surface area contributed by atoms with Crippen LogP contribution in [0.3, 0.4) is 0 Å². The Labute approximate surface area is 135 Å². The first-order valence-electron chi connectivity index (χ1n) is 7.47. The third kappa shape index (κ3) is 4.25. The molecule has 1 aliphatic rings. The Morgan fingerprint density at radius 3 is 2.74 bits per heavy atom. The van der Waals surface area contributed by atoms with Gasteiger partial charge in [-0.25, -0.2) is 0 Å². The van der Waals surface area contributed by atoms with Crippen LogP contribution in [0.2, 0.25) is 0 Å². The number of hydrogen-bond donors (Lipinski definition) is 1. The Morgan fingerprint density at radius 1 is 1.30 bits per heavy atom. The van der Waals surface area contributed by atoms with Crippen molar-refractivity contribution >= 4 is 18.0 Å². The van der Waals surface area contributed by atoms with Gasteiger partial charge < -0.3 is 19.5 Å². The lowest BCUT2D eigenvalue weighted by atomic mass is 9.98. The van der Waals surface area contributed by atoms with Crippen molar-refractivity contribution in [2.75, 3.05) is 27.3 Å². The molecule has 1 unspecified atom stereocenters. The molecule has 1 aliphatic heterocycles. The fraction of sp³-hybridized carbons (Fsp3) is 0.412. The minimum Gasteiger partial charge on any atom is -0.497 e. The van der Waals surface area contributed by atoms with Gasteiger partial charge in [0.25, 0.3) is 0 Å². The highest BCUT2D eigenvalue weighted by Gasteiger charge is 2.27. The molecule has 6 nitrogen and oxygen atoms in total. The second-order valence-corrected chi connectivity index (χ2v) is 5.40. The van der Waals surface area contributed by atoms with E-state index in [4.69, 9.17) is 14.6 Å². The number of ether oxygens (including phenoxy) is 2. The summed E-state index contributed by atoms with van der Waals surface area (Å²) < 4.78 is 10.4. The molecule has 2 rings (SSSR count). The first-order chi connectivity index (χ1) is 11.0. The van der Waals surface area contributed by atoms with Crippen molar-refractivity contribution in [2.45, 2.75) is 12.8 Å². The van der Waals surface area contributed by atoms with Crippen LogP contribution < -0.4 is 9.47 Å². The second-order valence-electron chi connectivity index (χ2n) is 5.40. The summed E-state index contributed by atoms with van der Waals surface area (Å²) in [6.07, 6.45) is 4.43. The summed E-state index contributed by atoms with van der Waals surface area (Å²) in [6, 6.07) is 5.32. The Hall–Kier alpha value is -2.50. The molecule has 1 aromatic rings. The van der Waals surface area contributed by atoms with Gasteiger partial charge in [0.2, 0.25) is 5.91 Å². The number of carbonyl (C=O) groups is 2. The Balaban J connectivity index is 2.10. The molecule has 0 radical (unpaired) electrons. The molecule has 1 amide bonds. The average molecular weight is 319 g/mol. The number of benzene rings is 1. The molecule has 0 saturated carbocycles. The summed E-state index contributed by atoms with van der Waals surface area (Å²) in [6.45, 7) is 0.843. The van der Waals surface area contributed by atoms with Gasteiger partial charge in [0.15, 0.2) is 0 Å². The summed E-state index contributed by atoms with van der Waals surface area (Å²) >= 11 is 0. The zero-order valence-electron chi connectivity index (χ0n) is 13.3. The van der Waals surface area contributed by atoms with Gasteiger partial charge >= 0.3 is 5.97 Å². The van der Waals surface area contributed by atoms with Crippen molar-refractivity contribution in [3.63, 3.8) is 0 Å². The molecule has 23 heavy (non-hydrogen) atoms. The number of amides is 1. The number of hydrogen-bond acceptors (Lipinski definition) is 4. The lowest BCUT2D eigenvalue weighted by molar-refractivity contribution is -0.144. The van der Waals surface area contributed by atoms with E-state index in [2.05, 4.69) is 0 Å². The van der Waals surface area contributed by atoms with E-state index in [0.29, 0.717) is 30.9 Å². The second kappa shape index (κ2) is 7.67. The molecule has 6 heteroatoms. The van der Waals surface area contributed by atoms with Crippen LogP contribution in [-0.2, 0) is 9.59 Å². The van der Waals surface area contributed by atoms with E-state index in [1.807, 2.05) is 0 Å². The van der Waals surface area contributed by atoms with Crippen LogP contribution in [0.5, 0.6) is 11.5 Å². The number of likely N-dealkylation sites (tertiary alicyclic amines) is 1. The monoisotopic (exact) mass is 319 g/mol. The third-order valence-electron chi connectivity index (χ3n) is 3.92. The summed E-state index contributed by atoms with van der Waals surface area (Å²) in [4.78, 5) is 24.9. The van der Waals surface area contributed by atoms with Crippen LogP contribution in [0, 0.1) is 5.92 Å². The standard InChI is InChI=1S/C17H21NO5/c1-22-14-6-7-15(23-2)12(10-14)5-8-16(19)18-9-3-4-13(11-18)17(20)21/h5-8,10,13H,3-4,9,11H2,1-2H3,(H,20,21)/b8-5+. The molecule has 1 N–H and O–H groups in total. The van der Waals surface area contributed by atoms with Crippen LogP contribution in [0.25, 0.3) is 6.08 Å². The van der Waals surface area contributed by atoms with Crippen molar-refractivity contribution < 1.29 is 24.2 Å². The lowest BCUT2D eigenvalue weighted by Crippen LogP contribution is -2.41. The van der Waals surface area contributed by atoms with E-state index in [1.54, 1.807) is 43.4 Å². The fourth-order valence-corrected chi connectivity index (χ4v) is 2.62. The highest BCUT2D eigenvalue weighted by Crippen LogP contribution is 2.25. The van der Waals surface area contributed by atoms with Gasteiger partial charge in [0.05, 0.1) is 20.1 Å². The van der Waals surface area contributed by atoms with Crippen molar-refractivity contribution in [1.82, 2.24) is 4.90 Å². The van der Waals surface area contributed by atoms with Gasteiger partial charge in [-0.15, -0.1) is 0 Å². The summed E-state index contributed by atoms with van der Waals surface area (Å²) in [5.74, 6) is -0.215. The maximum Gasteiger partial charge on any atom is 0.308 e. The van der Waals surface area contributed by atoms with Gasteiger partial charge in [-0.05, 0) is 37.1 Å². The quantitative estimate of drug-likeness (QED) is 0.841. The van der Waals surface area contributed by atoms with Crippen LogP contribution in [0.4, 0.5) is 0 Å². The predicted octanol–water partition coefficient (Wildman–Crippen LogP) is 2.04. The number of aliphatic carboxylic acids is 1. The highest BCUT2D eigenvalue weighted by atomic mass is 16.5. The van der Waals surface area contributed by atoms with E-state index in [1.165, 1.54) is 6.08 Å². The maximum atomic E-state index is 12.3. The molecular formula is C17H21NO5. The predicted molar refractivity (Wildman–Crippen MR) is 85.5 cm³/mol. The molecule has 0 aromatic heterocycles. The largest absolute Gasteiger partial charge is 0.497 e. The molecule has 1 heterocycles. The Bertz CT molecular complexity index is 611. The van der Waals surface area contributed by atoms with E-state index in [-0.39, 0.29) is 12.5 Å². The summed E-state index contributed by atoms with van der Waals surface area (Å²) in [5.41, 5.74) is 0.729. The molecule has 124 valence electrons. The number of methoxy groups -OCH3 is 2. The van der Waals surface area contributed by atoms with Crippen LogP contribution >= 0.6 is 0 Å². The number of nitrogens with zero attached hydrogens (tertiary/aromatic N) is 1. The molecular weight excluding hydrogens is 298 g/mol. The van der Waals surface area contributed by atoms with Gasteiger partial charge in [0.1, 0.15) is 11.5 Å². The topological polar surface area (TPSA) is 76.1 Å². The average Bonchev–Trinajstić information content (AvgIpc) is 2.59. The third-order valence-corrected chi connectivity index (χ3v) is 3.92. The normalized spacial score (nSPS) is 18.0.